The number of aliphatic hydroxyl groups is 1. The van der Waals surface area contributed by atoms with Crippen LogP contribution >= 0.6 is 0 Å². The smallest absolute Gasteiger partial charge is 0.332 e. The van der Waals surface area contributed by atoms with E-state index in [0.29, 0.717) is 19.7 Å². The van der Waals surface area contributed by atoms with Gasteiger partial charge in [0.25, 0.3) is 5.56 Å². The molecule has 0 spiro atoms. The molecule has 0 saturated heterocycles. The SMILES string of the molecule is CC(C)Cn1c(N)c(NCCOCCO)c(=O)n(C)c1=O. The molecule has 4 N–H and O–H groups in total. The average molecular weight is 300 g/mol. The normalized spacial score (nSPS) is 11.1. The lowest BCUT2D eigenvalue weighted by Crippen LogP contribution is -2.41. The number of aliphatic hydroxyl groups excluding tert-OH is 1. The number of nitrogens with one attached hydrogen (secondary N) is 1. The van der Waals surface area contributed by atoms with Gasteiger partial charge in [-0.05, 0) is 5.92 Å². The molecule has 1 rings (SSSR count). The molecule has 0 fully saturated rings. The lowest BCUT2D eigenvalue weighted by molar-refractivity contribution is 0.0992. The van der Waals surface area contributed by atoms with E-state index in [1.807, 2.05) is 13.8 Å². The zero-order valence-corrected chi connectivity index (χ0v) is 12.8. The van der Waals surface area contributed by atoms with Crippen LogP contribution in [0, 0.1) is 5.92 Å². The highest BCUT2D eigenvalue weighted by Crippen LogP contribution is 2.12. The van der Waals surface area contributed by atoms with Crippen molar-refractivity contribution in [3.63, 3.8) is 0 Å². The summed E-state index contributed by atoms with van der Waals surface area (Å²) in [5.74, 6) is 0.363. The summed E-state index contributed by atoms with van der Waals surface area (Å²) in [7, 11) is 1.42. The summed E-state index contributed by atoms with van der Waals surface area (Å²) >= 11 is 0. The van der Waals surface area contributed by atoms with Crippen molar-refractivity contribution in [2.24, 2.45) is 13.0 Å². The van der Waals surface area contributed by atoms with E-state index in [9.17, 15) is 9.59 Å². The molecule has 0 bridgehead atoms. The third-order valence-electron chi connectivity index (χ3n) is 2.91. The van der Waals surface area contributed by atoms with E-state index < -0.39 is 11.2 Å². The van der Waals surface area contributed by atoms with E-state index >= 15 is 0 Å². The highest BCUT2D eigenvalue weighted by molar-refractivity contribution is 5.60. The molecule has 1 heterocycles. The number of nitrogens with zero attached hydrogens (tertiary/aromatic N) is 2. The summed E-state index contributed by atoms with van der Waals surface area (Å²) < 4.78 is 7.53. The van der Waals surface area contributed by atoms with Crippen LogP contribution in [0.15, 0.2) is 9.59 Å². The number of nitrogen functional groups attached to an aromatic ring is 1. The fraction of sp³-hybridized carbons (Fsp3) is 0.692. The number of aromatic nitrogens is 2. The van der Waals surface area contributed by atoms with E-state index in [2.05, 4.69) is 5.32 Å². The van der Waals surface area contributed by atoms with Gasteiger partial charge in [0.15, 0.2) is 0 Å². The highest BCUT2D eigenvalue weighted by Gasteiger charge is 2.15. The number of anilines is 2. The summed E-state index contributed by atoms with van der Waals surface area (Å²) in [6, 6.07) is 0. The zero-order chi connectivity index (χ0) is 16.0. The van der Waals surface area contributed by atoms with Gasteiger partial charge in [0.1, 0.15) is 11.5 Å². The summed E-state index contributed by atoms with van der Waals surface area (Å²) in [6.45, 7) is 5.24. The van der Waals surface area contributed by atoms with E-state index in [-0.39, 0.29) is 30.6 Å². The van der Waals surface area contributed by atoms with Gasteiger partial charge in [-0.1, -0.05) is 13.8 Å². The standard InChI is InChI=1S/C13H24N4O4/c1-9(2)8-17-11(14)10(12(19)16(3)13(17)20)15-4-6-21-7-5-18/h9,15,18H,4-8,14H2,1-3H3. The van der Waals surface area contributed by atoms with Crippen LogP contribution in [-0.2, 0) is 18.3 Å². The first-order valence-corrected chi connectivity index (χ1v) is 6.91. The first-order valence-electron chi connectivity index (χ1n) is 6.91. The van der Waals surface area contributed by atoms with Crippen LogP contribution in [0.2, 0.25) is 0 Å². The van der Waals surface area contributed by atoms with Crippen LogP contribution in [0.5, 0.6) is 0 Å². The molecule has 0 radical (unpaired) electrons. The Kier molecular flexibility index (Phi) is 6.44. The molecule has 0 aromatic carbocycles. The van der Waals surface area contributed by atoms with Gasteiger partial charge in [-0.3, -0.25) is 13.9 Å². The summed E-state index contributed by atoms with van der Waals surface area (Å²) in [6.07, 6.45) is 0. The molecule has 0 aliphatic heterocycles. The Morgan fingerprint density at radius 1 is 1.33 bits per heavy atom. The fourth-order valence-electron chi connectivity index (χ4n) is 1.91. The minimum Gasteiger partial charge on any atom is -0.394 e. The van der Waals surface area contributed by atoms with Crippen LogP contribution < -0.4 is 22.3 Å². The predicted octanol–water partition coefficient (Wildman–Crippen LogP) is -0.794. The largest absolute Gasteiger partial charge is 0.394 e. The van der Waals surface area contributed by atoms with Gasteiger partial charge >= 0.3 is 5.69 Å². The van der Waals surface area contributed by atoms with Crippen molar-refractivity contribution in [1.82, 2.24) is 9.13 Å². The zero-order valence-electron chi connectivity index (χ0n) is 12.8. The van der Waals surface area contributed by atoms with E-state index in [4.69, 9.17) is 15.6 Å². The molecule has 0 saturated carbocycles. The third-order valence-corrected chi connectivity index (χ3v) is 2.91. The molecule has 0 unspecified atom stereocenters. The first-order chi connectivity index (χ1) is 9.90. The molecular weight excluding hydrogens is 276 g/mol. The van der Waals surface area contributed by atoms with Crippen molar-refractivity contribution in [1.29, 1.82) is 0 Å². The Morgan fingerprint density at radius 3 is 2.57 bits per heavy atom. The molecule has 0 aliphatic rings. The molecule has 1 aromatic heterocycles. The molecular formula is C13H24N4O4. The molecule has 1 aromatic rings. The van der Waals surface area contributed by atoms with E-state index in [1.165, 1.54) is 11.6 Å². The molecule has 8 nitrogen and oxygen atoms in total. The quantitative estimate of drug-likeness (QED) is 0.542. The second-order valence-electron chi connectivity index (χ2n) is 5.17. The highest BCUT2D eigenvalue weighted by atomic mass is 16.5. The molecule has 0 aliphatic carbocycles. The maximum atomic E-state index is 12.1. The van der Waals surface area contributed by atoms with Gasteiger partial charge in [0.2, 0.25) is 0 Å². The van der Waals surface area contributed by atoms with Gasteiger partial charge in [0.05, 0.1) is 19.8 Å². The van der Waals surface area contributed by atoms with Gasteiger partial charge in [-0.25, -0.2) is 4.79 Å². The Labute approximate surface area is 123 Å². The van der Waals surface area contributed by atoms with Crippen molar-refractivity contribution in [2.45, 2.75) is 20.4 Å². The number of rotatable bonds is 8. The number of hydrogen-bond donors (Lipinski definition) is 3. The maximum absolute atomic E-state index is 12.1. The summed E-state index contributed by atoms with van der Waals surface area (Å²) in [5.41, 5.74) is 5.27. The van der Waals surface area contributed by atoms with Crippen LogP contribution in [0.3, 0.4) is 0 Å². The Hall–Kier alpha value is -1.80. The first kappa shape index (κ1) is 17.3. The second kappa shape index (κ2) is 7.84. The van der Waals surface area contributed by atoms with E-state index in [0.717, 1.165) is 4.57 Å². The molecule has 0 atom stereocenters. The molecule has 8 heteroatoms. The minimum atomic E-state index is -0.459. The monoisotopic (exact) mass is 300 g/mol. The topological polar surface area (TPSA) is 112 Å². The molecule has 0 amide bonds. The number of hydrogen-bond acceptors (Lipinski definition) is 6. The maximum Gasteiger partial charge on any atom is 0.332 e. The Balaban J connectivity index is 3.00. The number of nitrogens with two attached hydrogens (primary N) is 1. The van der Waals surface area contributed by atoms with Crippen molar-refractivity contribution < 1.29 is 9.84 Å². The Morgan fingerprint density at radius 2 is 2.00 bits per heavy atom. The van der Waals surface area contributed by atoms with Gasteiger partial charge in [-0.15, -0.1) is 0 Å². The van der Waals surface area contributed by atoms with Gasteiger partial charge in [-0.2, -0.15) is 0 Å². The summed E-state index contributed by atoms with van der Waals surface area (Å²) in [4.78, 5) is 24.2. The average Bonchev–Trinajstić information content (AvgIpc) is 2.44. The van der Waals surface area contributed by atoms with Crippen LogP contribution in [0.25, 0.3) is 0 Å². The van der Waals surface area contributed by atoms with Crippen molar-refractivity contribution >= 4 is 11.5 Å². The lowest BCUT2D eigenvalue weighted by Gasteiger charge is -2.17. The fourth-order valence-corrected chi connectivity index (χ4v) is 1.91. The van der Waals surface area contributed by atoms with Gasteiger partial charge < -0.3 is 20.9 Å². The Bertz CT molecular complexity index is 577. The predicted molar refractivity (Wildman–Crippen MR) is 81.6 cm³/mol. The van der Waals surface area contributed by atoms with Crippen LogP contribution in [0.4, 0.5) is 11.5 Å². The number of ether oxygens (including phenoxy) is 1. The molecule has 21 heavy (non-hydrogen) atoms. The third kappa shape index (κ3) is 4.33. The second-order valence-corrected chi connectivity index (χ2v) is 5.17. The van der Waals surface area contributed by atoms with Crippen LogP contribution in [-0.4, -0.2) is 40.6 Å². The van der Waals surface area contributed by atoms with Crippen molar-refractivity contribution in [3.05, 3.63) is 20.8 Å². The van der Waals surface area contributed by atoms with Gasteiger partial charge in [0, 0.05) is 20.1 Å². The lowest BCUT2D eigenvalue weighted by atomic mass is 10.2. The van der Waals surface area contributed by atoms with Crippen LogP contribution in [0.1, 0.15) is 13.8 Å². The van der Waals surface area contributed by atoms with Crippen molar-refractivity contribution in [3.8, 4) is 0 Å². The summed E-state index contributed by atoms with van der Waals surface area (Å²) in [5, 5.41) is 11.5. The van der Waals surface area contributed by atoms with Crippen molar-refractivity contribution in [2.75, 3.05) is 37.4 Å². The van der Waals surface area contributed by atoms with E-state index in [1.54, 1.807) is 0 Å². The minimum absolute atomic E-state index is 0.0524. The molecule has 120 valence electrons.